The van der Waals surface area contributed by atoms with E-state index in [1.807, 2.05) is 44.2 Å². The lowest BCUT2D eigenvalue weighted by molar-refractivity contribution is -0.286. The number of carbonyl (C=O) groups is 2. The summed E-state index contributed by atoms with van der Waals surface area (Å²) in [6.45, 7) is 10.2. The van der Waals surface area contributed by atoms with Gasteiger partial charge in [0, 0.05) is 72.5 Å². The zero-order valence-electron chi connectivity index (χ0n) is 42.5. The van der Waals surface area contributed by atoms with Crippen LogP contribution in [0.15, 0.2) is 65.8 Å². The highest BCUT2D eigenvalue weighted by molar-refractivity contribution is 7.99. The molecule has 2 aromatic heterocycles. The maximum Gasteiger partial charge on any atom is 0.586 e. The average molecular weight is 1060 g/mol. The van der Waals surface area contributed by atoms with Crippen molar-refractivity contribution in [3.05, 3.63) is 88.9 Å². The van der Waals surface area contributed by atoms with Crippen LogP contribution in [0.5, 0.6) is 11.5 Å². The van der Waals surface area contributed by atoms with Crippen molar-refractivity contribution >= 4 is 57.5 Å². The van der Waals surface area contributed by atoms with E-state index in [1.165, 1.54) is 47.1 Å². The highest BCUT2D eigenvalue weighted by Gasteiger charge is 2.53. The molecule has 8 rings (SSSR count). The number of thioether (sulfide) groups is 1. The van der Waals surface area contributed by atoms with E-state index in [4.69, 9.17) is 17.3 Å². The van der Waals surface area contributed by atoms with E-state index < -0.39 is 35.0 Å². The van der Waals surface area contributed by atoms with E-state index in [2.05, 4.69) is 64.4 Å². The summed E-state index contributed by atoms with van der Waals surface area (Å²) in [5, 5.41) is 36.5. The van der Waals surface area contributed by atoms with E-state index >= 15 is 4.39 Å². The molecule has 2 aliphatic heterocycles. The van der Waals surface area contributed by atoms with E-state index in [0.717, 1.165) is 42.9 Å². The van der Waals surface area contributed by atoms with Crippen LogP contribution in [0.25, 0.3) is 10.9 Å². The summed E-state index contributed by atoms with van der Waals surface area (Å²) in [6.07, 6.45) is -1.41. The number of aliphatic hydroxyl groups excluding tert-OH is 2. The number of fused-ring (bicyclic) bond motifs is 2. The van der Waals surface area contributed by atoms with Gasteiger partial charge in [-0.2, -0.15) is 0 Å². The van der Waals surface area contributed by atoms with Gasteiger partial charge in [0.05, 0.1) is 49.0 Å². The third-order valence-corrected chi connectivity index (χ3v) is 14.8. The monoisotopic (exact) mass is 1060 g/mol. The van der Waals surface area contributed by atoms with Crippen molar-refractivity contribution < 1.29 is 42.4 Å². The molecule has 4 heterocycles. The third-order valence-electron chi connectivity index (χ3n) is 13.7. The molecule has 1 atom stereocenters. The molecular weight excluding hydrogens is 990 g/mol. The standard InChI is InChI=1S/C53H67F3N12O6S/c1-4-24-75-50-64-46(61-19-17-57)45(58)47(65-50)68(59)30-34-9-7-33(8-10-34)6-5-18-62-48(71)35-13-21-66(22-14-35)23-20-60-29-38(70)31-67-41-28-39(54)40(25-36(41)26-44(67)51(2,3)32-69)63-49(72)52(15-16-52)37-11-12-42-43(27-37)74-53(55,56)73-42/h7-12,25-28,35,38,60,69-70H,4,13-24,29-32,57-59H2,1-3H3,(H,62,71)(H,63,72)(H,61,64,65). The molecule has 75 heavy (non-hydrogen) atoms. The Morgan fingerprint density at radius 1 is 1.04 bits per heavy atom. The van der Waals surface area contributed by atoms with Gasteiger partial charge < -0.3 is 61.9 Å². The number of likely N-dealkylation sites (tertiary alicyclic amines) is 1. The number of hydrogen-bond donors (Lipinski definition) is 9. The number of benzene rings is 3. The van der Waals surface area contributed by atoms with Gasteiger partial charge in [-0.15, -0.1) is 8.78 Å². The lowest BCUT2D eigenvalue weighted by Gasteiger charge is -2.31. The van der Waals surface area contributed by atoms with Gasteiger partial charge in [0.15, 0.2) is 28.3 Å². The minimum atomic E-state index is -3.80. The zero-order valence-corrected chi connectivity index (χ0v) is 43.3. The van der Waals surface area contributed by atoms with Crippen molar-refractivity contribution in [2.24, 2.45) is 17.5 Å². The van der Waals surface area contributed by atoms with Gasteiger partial charge in [0.25, 0.3) is 0 Å². The molecule has 2 fully saturated rings. The largest absolute Gasteiger partial charge is 0.586 e. The second kappa shape index (κ2) is 23.7. The van der Waals surface area contributed by atoms with Crippen LogP contribution < -0.4 is 53.1 Å². The fourth-order valence-corrected chi connectivity index (χ4v) is 10.00. The van der Waals surface area contributed by atoms with Gasteiger partial charge in [0.1, 0.15) is 11.5 Å². The zero-order chi connectivity index (χ0) is 53.5. The number of rotatable bonds is 23. The van der Waals surface area contributed by atoms with E-state index in [0.29, 0.717) is 96.5 Å². The number of nitrogen functional groups attached to an aromatic ring is 1. The fraction of sp³-hybridized carbons (Fsp3) is 0.472. The molecule has 0 bridgehead atoms. The molecule has 402 valence electrons. The Labute approximate surface area is 438 Å². The summed E-state index contributed by atoms with van der Waals surface area (Å²) in [5.74, 6) is 12.8. The van der Waals surface area contributed by atoms with Crippen LogP contribution in [0.2, 0.25) is 0 Å². The van der Waals surface area contributed by atoms with Crippen molar-refractivity contribution in [3.8, 4) is 23.3 Å². The predicted octanol–water partition coefficient (Wildman–Crippen LogP) is 5.00. The van der Waals surface area contributed by atoms with Gasteiger partial charge in [-0.05, 0) is 92.7 Å². The summed E-state index contributed by atoms with van der Waals surface area (Å²) in [7, 11) is 0. The average Bonchev–Trinajstić information content (AvgIpc) is 4.06. The van der Waals surface area contributed by atoms with Crippen LogP contribution in [-0.4, -0.2) is 119 Å². The van der Waals surface area contributed by atoms with Crippen LogP contribution >= 0.6 is 11.8 Å². The number of nitrogens with zero attached hydrogens (tertiary/aromatic N) is 5. The summed E-state index contributed by atoms with van der Waals surface area (Å²) < 4.78 is 54.2. The fourth-order valence-electron chi connectivity index (χ4n) is 9.31. The number of anilines is 4. The number of nitrogens with one attached hydrogen (secondary N) is 4. The van der Waals surface area contributed by atoms with Crippen LogP contribution in [0.3, 0.4) is 0 Å². The van der Waals surface area contributed by atoms with E-state index in [-0.39, 0.29) is 55.3 Å². The molecule has 0 spiro atoms. The number of ether oxygens (including phenoxy) is 2. The second-order valence-corrected chi connectivity index (χ2v) is 21.0. The van der Waals surface area contributed by atoms with Crippen molar-refractivity contribution in [2.75, 3.05) is 86.1 Å². The van der Waals surface area contributed by atoms with Gasteiger partial charge in [-0.1, -0.05) is 62.6 Å². The third kappa shape index (κ3) is 13.2. The molecule has 1 aliphatic carbocycles. The van der Waals surface area contributed by atoms with Gasteiger partial charge in [-0.25, -0.2) is 20.2 Å². The maximum atomic E-state index is 15.9. The van der Waals surface area contributed by atoms with Gasteiger partial charge >= 0.3 is 6.29 Å². The number of hydrogen-bond acceptors (Lipinski definition) is 16. The molecule has 2 amide bonds. The van der Waals surface area contributed by atoms with Crippen molar-refractivity contribution in [3.63, 3.8) is 0 Å². The van der Waals surface area contributed by atoms with Gasteiger partial charge in [0.2, 0.25) is 11.8 Å². The Morgan fingerprint density at radius 2 is 1.79 bits per heavy atom. The van der Waals surface area contributed by atoms with Gasteiger partial charge in [-0.3, -0.25) is 14.6 Å². The van der Waals surface area contributed by atoms with Crippen molar-refractivity contribution in [2.45, 2.75) is 94.3 Å². The molecule has 18 nitrogen and oxygen atoms in total. The van der Waals surface area contributed by atoms with Crippen LogP contribution in [0.4, 0.5) is 36.2 Å². The lowest BCUT2D eigenvalue weighted by Crippen LogP contribution is -2.43. The molecule has 3 aliphatic rings. The maximum absolute atomic E-state index is 15.9. The topological polar surface area (TPSA) is 256 Å². The number of alkyl halides is 2. The molecule has 1 saturated heterocycles. The summed E-state index contributed by atoms with van der Waals surface area (Å²) in [6, 6.07) is 16.6. The number of nitrogens with two attached hydrogens (primary N) is 3. The normalized spacial score (nSPS) is 16.3. The molecule has 22 heteroatoms. The number of halogens is 3. The van der Waals surface area contributed by atoms with Crippen molar-refractivity contribution in [1.29, 1.82) is 0 Å². The molecule has 1 unspecified atom stereocenters. The number of amides is 2. The molecule has 5 aromatic rings. The highest BCUT2D eigenvalue weighted by Crippen LogP contribution is 2.52. The second-order valence-electron chi connectivity index (χ2n) is 19.9. The summed E-state index contributed by atoms with van der Waals surface area (Å²) >= 11 is 1.53. The minimum Gasteiger partial charge on any atom is -0.395 e. The van der Waals surface area contributed by atoms with E-state index in [9.17, 15) is 28.6 Å². The number of carbonyl (C=O) groups excluding carboxylic acids is 2. The Hall–Kier alpha value is -6.32. The SMILES string of the molecule is CCCSc1nc(NCCN)c(N)c(N(N)Cc2ccc(C#CCNC(=O)C3CCN(CCNCC(O)Cn4c(C(C)(C)CO)cc5cc(NC(=O)C6(c7ccc8c(c7)OC(F)(F)O8)CC6)c(F)cc54)CC3)cc2)n1. The van der Waals surface area contributed by atoms with Crippen molar-refractivity contribution in [1.82, 2.24) is 30.1 Å². The first-order valence-corrected chi connectivity index (χ1v) is 26.3. The molecular formula is C53H67F3N12O6S. The first-order chi connectivity index (χ1) is 35.9. The van der Waals surface area contributed by atoms with Crippen LogP contribution in [-0.2, 0) is 33.5 Å². The first-order valence-electron chi connectivity index (χ1n) is 25.3. The predicted molar refractivity (Wildman–Crippen MR) is 284 cm³/mol. The first kappa shape index (κ1) is 54.9. The van der Waals surface area contributed by atoms with Crippen LogP contribution in [0.1, 0.15) is 75.3 Å². The molecule has 12 N–H and O–H groups in total. The smallest absolute Gasteiger partial charge is 0.395 e. The van der Waals surface area contributed by atoms with E-state index in [1.54, 1.807) is 4.57 Å². The Bertz CT molecular complexity index is 2900. The number of piperidine rings is 1. The number of hydrazine groups is 1. The lowest BCUT2D eigenvalue weighted by atomic mass is 9.90. The Morgan fingerprint density at radius 3 is 2.49 bits per heavy atom. The number of aromatic nitrogens is 3. The minimum absolute atomic E-state index is 0.0183. The molecule has 1 saturated carbocycles. The molecule has 3 aromatic carbocycles. The highest BCUT2D eigenvalue weighted by atomic mass is 32.2. The Kier molecular flexibility index (Phi) is 17.4. The summed E-state index contributed by atoms with van der Waals surface area (Å²) in [4.78, 5) is 38.2. The van der Waals surface area contributed by atoms with Crippen LogP contribution in [0, 0.1) is 23.6 Å². The number of aliphatic hydroxyl groups is 2. The quantitative estimate of drug-likeness (QED) is 0.0104. The summed E-state index contributed by atoms with van der Waals surface area (Å²) in [5.41, 5.74) is 13.9. The molecule has 0 radical (unpaired) electrons. The Balaban J connectivity index is 0.767.